The molecule has 2 aromatic rings. The van der Waals surface area contributed by atoms with Gasteiger partial charge >= 0.3 is 18.4 Å². The molecule has 0 aliphatic carbocycles. The van der Waals surface area contributed by atoms with Gasteiger partial charge < -0.3 is 15.3 Å². The lowest BCUT2D eigenvalue weighted by Gasteiger charge is -2.15. The molecule has 3 heterocycles. The number of halogens is 6. The minimum Gasteiger partial charge on any atom is -0.389 e. The topological polar surface area (TPSA) is 82.8 Å². The van der Waals surface area contributed by atoms with E-state index in [0.29, 0.717) is 4.52 Å². The molecule has 1 saturated heterocycles. The normalized spacial score (nSPS) is 18.8. The molecular weight excluding hydrogens is 392 g/mol. The number of aliphatic hydroxyl groups is 1. The first-order valence-corrected chi connectivity index (χ1v) is 7.97. The number of nitrogens with zero attached hydrogens (tertiary/aromatic N) is 4. The predicted molar refractivity (Wildman–Crippen MR) is 75.2 cm³/mol. The van der Waals surface area contributed by atoms with Crippen molar-refractivity contribution >= 4 is 22.3 Å². The number of nitrogens with one attached hydrogen (secondary N) is 1. The van der Waals surface area contributed by atoms with Crippen molar-refractivity contribution in [2.75, 3.05) is 6.54 Å². The van der Waals surface area contributed by atoms with E-state index in [1.54, 1.807) is 0 Å². The zero-order valence-corrected chi connectivity index (χ0v) is 13.5. The molecular formula is C12H11F6N5O2S. The summed E-state index contributed by atoms with van der Waals surface area (Å²) < 4.78 is 77.9. The minimum absolute atomic E-state index is 0.0220. The van der Waals surface area contributed by atoms with E-state index in [1.165, 1.54) is 0 Å². The summed E-state index contributed by atoms with van der Waals surface area (Å²) in [6, 6.07) is -2.13. The molecule has 2 amide bonds. The Labute approximate surface area is 145 Å². The lowest BCUT2D eigenvalue weighted by Crippen LogP contribution is -2.31. The third kappa shape index (κ3) is 3.70. The summed E-state index contributed by atoms with van der Waals surface area (Å²) in [7, 11) is 0. The SMILES string of the molecule is O=C1NC(CC(F)(F)F)CN1Cc1nc2sc(CO)nn2c1C(F)(F)F. The zero-order chi connectivity index (χ0) is 19.3. The molecule has 144 valence electrons. The largest absolute Gasteiger partial charge is 0.435 e. The van der Waals surface area contributed by atoms with Gasteiger partial charge in [0.05, 0.1) is 31.3 Å². The van der Waals surface area contributed by atoms with Crippen LogP contribution in [0.5, 0.6) is 0 Å². The first kappa shape index (κ1) is 18.7. The summed E-state index contributed by atoms with van der Waals surface area (Å²) in [6.45, 7) is -1.57. The maximum Gasteiger partial charge on any atom is 0.435 e. The quantitative estimate of drug-likeness (QED) is 0.767. The number of hydrogen-bond acceptors (Lipinski definition) is 5. The zero-order valence-electron chi connectivity index (χ0n) is 12.7. The van der Waals surface area contributed by atoms with Gasteiger partial charge in [-0.25, -0.2) is 9.78 Å². The van der Waals surface area contributed by atoms with Crippen LogP contribution in [-0.2, 0) is 19.3 Å². The lowest BCUT2D eigenvalue weighted by molar-refractivity contribution is -0.143. The van der Waals surface area contributed by atoms with Crippen LogP contribution in [-0.4, -0.2) is 49.4 Å². The van der Waals surface area contributed by atoms with Crippen LogP contribution in [0.15, 0.2) is 0 Å². The van der Waals surface area contributed by atoms with Gasteiger partial charge in [-0.05, 0) is 0 Å². The van der Waals surface area contributed by atoms with Crippen molar-refractivity contribution in [3.8, 4) is 0 Å². The Balaban J connectivity index is 1.87. The van der Waals surface area contributed by atoms with Gasteiger partial charge in [-0.2, -0.15) is 36.0 Å². The molecule has 2 N–H and O–H groups in total. The number of amides is 2. The number of hydrogen-bond donors (Lipinski definition) is 2. The average Bonchev–Trinajstić information content (AvgIpc) is 3.08. The molecule has 0 aromatic carbocycles. The van der Waals surface area contributed by atoms with E-state index in [1.807, 2.05) is 0 Å². The van der Waals surface area contributed by atoms with E-state index in [0.717, 1.165) is 16.2 Å². The van der Waals surface area contributed by atoms with Gasteiger partial charge in [0.1, 0.15) is 5.01 Å². The summed E-state index contributed by atoms with van der Waals surface area (Å²) >= 11 is 0.738. The standard InChI is InChI=1S/C12H11F6N5O2S/c13-11(14,15)1-5-2-22(9(25)19-5)3-6-8(12(16,17)18)23-10(20-6)26-7(4-24)21-23/h5,24H,1-4H2,(H,19,25). The Bertz CT molecular complexity index is 829. The fourth-order valence-electron chi connectivity index (χ4n) is 2.66. The van der Waals surface area contributed by atoms with Crippen LogP contribution in [0.1, 0.15) is 22.8 Å². The van der Waals surface area contributed by atoms with Crippen molar-refractivity contribution in [2.24, 2.45) is 0 Å². The van der Waals surface area contributed by atoms with Crippen LogP contribution < -0.4 is 5.32 Å². The molecule has 1 fully saturated rings. The highest BCUT2D eigenvalue weighted by molar-refractivity contribution is 7.16. The van der Waals surface area contributed by atoms with E-state index in [9.17, 15) is 31.1 Å². The third-order valence-electron chi connectivity index (χ3n) is 3.60. The Morgan fingerprint density at radius 2 is 1.96 bits per heavy atom. The molecule has 0 spiro atoms. The van der Waals surface area contributed by atoms with Gasteiger partial charge in [0.15, 0.2) is 5.69 Å². The summed E-state index contributed by atoms with van der Waals surface area (Å²) in [5.41, 5.74) is -1.75. The summed E-state index contributed by atoms with van der Waals surface area (Å²) in [6.07, 6.45) is -10.6. The highest BCUT2D eigenvalue weighted by atomic mass is 32.1. The van der Waals surface area contributed by atoms with Crippen LogP contribution in [0.4, 0.5) is 31.1 Å². The second kappa shape index (κ2) is 6.26. The van der Waals surface area contributed by atoms with E-state index in [-0.39, 0.29) is 9.97 Å². The first-order chi connectivity index (χ1) is 12.0. The van der Waals surface area contributed by atoms with Crippen LogP contribution in [0.3, 0.4) is 0 Å². The maximum atomic E-state index is 13.4. The minimum atomic E-state index is -4.85. The van der Waals surface area contributed by atoms with Gasteiger partial charge in [0.2, 0.25) is 4.96 Å². The van der Waals surface area contributed by atoms with Gasteiger partial charge in [0, 0.05) is 6.54 Å². The van der Waals surface area contributed by atoms with Crippen molar-refractivity contribution in [1.29, 1.82) is 0 Å². The second-order valence-corrected chi connectivity index (χ2v) is 6.64. The first-order valence-electron chi connectivity index (χ1n) is 7.15. The summed E-state index contributed by atoms with van der Waals surface area (Å²) in [5, 5.41) is 14.7. The second-order valence-electron chi connectivity index (χ2n) is 5.60. The third-order valence-corrected chi connectivity index (χ3v) is 4.49. The van der Waals surface area contributed by atoms with E-state index in [4.69, 9.17) is 5.11 Å². The van der Waals surface area contributed by atoms with Crippen LogP contribution in [0.2, 0.25) is 0 Å². The maximum absolute atomic E-state index is 13.4. The van der Waals surface area contributed by atoms with E-state index in [2.05, 4.69) is 15.4 Å². The van der Waals surface area contributed by atoms with Crippen LogP contribution in [0, 0.1) is 0 Å². The number of aliphatic hydroxyl groups excluding tert-OH is 1. The molecule has 0 radical (unpaired) electrons. The van der Waals surface area contributed by atoms with Crippen molar-refractivity contribution in [3.63, 3.8) is 0 Å². The fraction of sp³-hybridized carbons (Fsp3) is 0.583. The van der Waals surface area contributed by atoms with Crippen molar-refractivity contribution in [2.45, 2.75) is 38.0 Å². The van der Waals surface area contributed by atoms with Gasteiger partial charge in [0.25, 0.3) is 0 Å². The van der Waals surface area contributed by atoms with Crippen LogP contribution in [0.25, 0.3) is 4.96 Å². The highest BCUT2D eigenvalue weighted by Gasteiger charge is 2.42. The van der Waals surface area contributed by atoms with Crippen molar-refractivity contribution < 1.29 is 36.2 Å². The number of carbonyl (C=O) groups excluding carboxylic acids is 1. The van der Waals surface area contributed by atoms with Crippen LogP contribution >= 0.6 is 11.3 Å². The molecule has 1 unspecified atom stereocenters. The van der Waals surface area contributed by atoms with Gasteiger partial charge in [-0.3, -0.25) is 0 Å². The number of aromatic nitrogens is 3. The summed E-state index contributed by atoms with van der Waals surface area (Å²) in [4.78, 5) is 16.3. The lowest BCUT2D eigenvalue weighted by atomic mass is 10.2. The van der Waals surface area contributed by atoms with Crippen molar-refractivity contribution in [1.82, 2.24) is 24.8 Å². The molecule has 3 rings (SSSR count). The smallest absolute Gasteiger partial charge is 0.389 e. The van der Waals surface area contributed by atoms with E-state index >= 15 is 0 Å². The number of rotatable bonds is 4. The Kier molecular flexibility index (Phi) is 4.50. The highest BCUT2D eigenvalue weighted by Crippen LogP contribution is 2.35. The Hall–Kier alpha value is -2.09. The number of fused-ring (bicyclic) bond motifs is 1. The number of imidazole rings is 1. The Morgan fingerprint density at radius 1 is 1.27 bits per heavy atom. The average molecular weight is 403 g/mol. The predicted octanol–water partition coefficient (Wildman–Crippen LogP) is 2.15. The molecule has 7 nitrogen and oxygen atoms in total. The molecule has 1 aliphatic rings. The molecule has 1 atom stereocenters. The number of urea groups is 1. The molecule has 0 bridgehead atoms. The van der Waals surface area contributed by atoms with Gasteiger partial charge in [-0.15, -0.1) is 0 Å². The number of carbonyl (C=O) groups is 1. The van der Waals surface area contributed by atoms with Crippen molar-refractivity contribution in [3.05, 3.63) is 16.4 Å². The molecule has 14 heteroatoms. The summed E-state index contributed by atoms with van der Waals surface area (Å²) in [5.74, 6) is 0. The number of alkyl halides is 6. The molecule has 0 saturated carbocycles. The molecule has 2 aromatic heterocycles. The Morgan fingerprint density at radius 3 is 2.54 bits per heavy atom. The molecule has 26 heavy (non-hydrogen) atoms. The van der Waals surface area contributed by atoms with E-state index < -0.39 is 61.9 Å². The monoisotopic (exact) mass is 403 g/mol. The fourth-order valence-corrected chi connectivity index (χ4v) is 3.43. The molecule has 1 aliphatic heterocycles. The van der Waals surface area contributed by atoms with Gasteiger partial charge in [-0.1, -0.05) is 11.3 Å².